The number of para-hydroxylation sites is 1. The van der Waals surface area contributed by atoms with Crippen LogP contribution in [0.3, 0.4) is 0 Å². The molecule has 0 aromatic heterocycles. The van der Waals surface area contributed by atoms with Gasteiger partial charge in [0.25, 0.3) is 0 Å². The van der Waals surface area contributed by atoms with Crippen molar-refractivity contribution >= 4 is 56.4 Å². The summed E-state index contributed by atoms with van der Waals surface area (Å²) in [6.45, 7) is 5.75. The minimum atomic E-state index is -0.653. The van der Waals surface area contributed by atoms with E-state index in [4.69, 9.17) is 18.9 Å². The number of rotatable bonds is 10. The number of halogens is 1. The van der Waals surface area contributed by atoms with E-state index in [0.717, 1.165) is 11.8 Å². The Morgan fingerprint density at radius 3 is 2.42 bits per heavy atom. The van der Waals surface area contributed by atoms with Crippen LogP contribution >= 0.6 is 27.7 Å². The molecule has 0 fully saturated rings. The highest BCUT2D eigenvalue weighted by Crippen LogP contribution is 2.42. The lowest BCUT2D eigenvalue weighted by atomic mass is 10.1. The molecule has 1 N–H and O–H groups in total. The van der Waals surface area contributed by atoms with Crippen LogP contribution in [0.25, 0.3) is 6.08 Å². The van der Waals surface area contributed by atoms with Gasteiger partial charge in [-0.25, -0.2) is 14.6 Å². The molecule has 190 valence electrons. The predicted molar refractivity (Wildman–Crippen MR) is 143 cm³/mol. The van der Waals surface area contributed by atoms with E-state index in [1.807, 2.05) is 25.1 Å². The summed E-state index contributed by atoms with van der Waals surface area (Å²) in [6.07, 6.45) is 1.70. The van der Waals surface area contributed by atoms with Gasteiger partial charge in [0.2, 0.25) is 0 Å². The summed E-state index contributed by atoms with van der Waals surface area (Å²) in [7, 11) is 0. The van der Waals surface area contributed by atoms with Crippen molar-refractivity contribution in [3.8, 4) is 11.5 Å². The summed E-state index contributed by atoms with van der Waals surface area (Å²) in [6, 6.07) is 12.6. The number of hydrogen-bond donors (Lipinski definition) is 1. The summed E-state index contributed by atoms with van der Waals surface area (Å²) in [4.78, 5) is 29.3. The van der Waals surface area contributed by atoms with Crippen molar-refractivity contribution in [2.75, 3.05) is 26.4 Å². The van der Waals surface area contributed by atoms with Gasteiger partial charge in [-0.3, -0.25) is 0 Å². The van der Waals surface area contributed by atoms with Crippen LogP contribution in [0.4, 0.5) is 5.69 Å². The van der Waals surface area contributed by atoms with E-state index < -0.39 is 11.9 Å². The smallest absolute Gasteiger partial charge is 0.344 e. The number of esters is 2. The Labute approximate surface area is 222 Å². The van der Waals surface area contributed by atoms with Crippen LogP contribution in [0.1, 0.15) is 26.3 Å². The highest BCUT2D eigenvalue weighted by atomic mass is 79.9. The van der Waals surface area contributed by atoms with E-state index in [0.29, 0.717) is 43.8 Å². The third-order valence-electron chi connectivity index (χ3n) is 4.63. The lowest BCUT2D eigenvalue weighted by Crippen LogP contribution is -2.15. The zero-order valence-electron chi connectivity index (χ0n) is 20.1. The van der Waals surface area contributed by atoms with Crippen molar-refractivity contribution in [2.24, 2.45) is 4.99 Å². The fraction of sp³-hybridized carbons (Fsp3) is 0.269. The van der Waals surface area contributed by atoms with Crippen molar-refractivity contribution in [1.82, 2.24) is 0 Å². The first-order chi connectivity index (χ1) is 17.4. The van der Waals surface area contributed by atoms with Gasteiger partial charge in [-0.2, -0.15) is 0 Å². The average Bonchev–Trinajstić information content (AvgIpc) is 3.14. The minimum absolute atomic E-state index is 0.00967. The highest BCUT2D eigenvalue weighted by molar-refractivity contribution is 9.10. The number of aliphatic hydroxyl groups excluding tert-OH is 1. The number of carbonyl (C=O) groups is 2. The molecular weight excluding hydrogens is 550 g/mol. The molecule has 1 heterocycles. The third-order valence-corrected chi connectivity index (χ3v) is 6.24. The summed E-state index contributed by atoms with van der Waals surface area (Å²) in [5.74, 6) is -0.612. The maximum atomic E-state index is 12.6. The van der Waals surface area contributed by atoms with Crippen LogP contribution in [0.15, 0.2) is 68.2 Å². The maximum absolute atomic E-state index is 12.6. The van der Waals surface area contributed by atoms with Crippen LogP contribution in [-0.2, 0) is 19.1 Å². The van der Waals surface area contributed by atoms with E-state index in [1.54, 1.807) is 44.2 Å². The molecule has 3 rings (SSSR count). The Bertz CT molecular complexity index is 1210. The molecule has 1 aliphatic rings. The number of benzene rings is 2. The zero-order chi connectivity index (χ0) is 26.1. The van der Waals surface area contributed by atoms with Gasteiger partial charge in [0.15, 0.2) is 18.1 Å². The molecule has 0 saturated carbocycles. The van der Waals surface area contributed by atoms with Crippen molar-refractivity contribution in [3.05, 3.63) is 68.7 Å². The lowest BCUT2D eigenvalue weighted by Gasteiger charge is -2.14. The topological polar surface area (TPSA) is 104 Å². The van der Waals surface area contributed by atoms with Crippen LogP contribution < -0.4 is 9.47 Å². The SMILES string of the molecule is CCOC(=O)COc1c(Br)cc(/C=C2\SC(=Nc3ccccc3)C(C(=O)OCC)=C2O)cc1OCC. The molecule has 36 heavy (non-hydrogen) atoms. The van der Waals surface area contributed by atoms with Gasteiger partial charge >= 0.3 is 11.9 Å². The monoisotopic (exact) mass is 575 g/mol. The second kappa shape index (κ2) is 13.2. The van der Waals surface area contributed by atoms with Crippen molar-refractivity contribution < 1.29 is 33.6 Å². The quantitative estimate of drug-likeness (QED) is 0.345. The van der Waals surface area contributed by atoms with E-state index >= 15 is 0 Å². The molecule has 0 spiro atoms. The molecule has 0 amide bonds. The van der Waals surface area contributed by atoms with Gasteiger partial charge in [-0.05, 0) is 72.6 Å². The van der Waals surface area contributed by atoms with Crippen molar-refractivity contribution in [2.45, 2.75) is 20.8 Å². The summed E-state index contributed by atoms with van der Waals surface area (Å²) >= 11 is 4.63. The Hall–Kier alpha value is -3.24. The number of aliphatic hydroxyl groups is 1. The number of ether oxygens (including phenoxy) is 4. The molecule has 2 aromatic rings. The predicted octanol–water partition coefficient (Wildman–Crippen LogP) is 5.98. The number of thioether (sulfide) groups is 1. The zero-order valence-corrected chi connectivity index (χ0v) is 22.5. The number of aliphatic imine (C=N–C) groups is 1. The van der Waals surface area contributed by atoms with Crippen molar-refractivity contribution in [3.63, 3.8) is 0 Å². The Kier molecular flexibility index (Phi) is 10.0. The summed E-state index contributed by atoms with van der Waals surface area (Å²) in [5.41, 5.74) is 1.31. The van der Waals surface area contributed by atoms with Crippen LogP contribution in [-0.4, -0.2) is 48.5 Å². The molecule has 2 aromatic carbocycles. The fourth-order valence-corrected chi connectivity index (χ4v) is 4.78. The van der Waals surface area contributed by atoms with Gasteiger partial charge in [-0.15, -0.1) is 0 Å². The average molecular weight is 576 g/mol. The molecular formula is C26H26BrNO7S. The first-order valence-electron chi connectivity index (χ1n) is 11.3. The molecule has 10 heteroatoms. The molecule has 0 atom stereocenters. The first-order valence-corrected chi connectivity index (χ1v) is 12.9. The lowest BCUT2D eigenvalue weighted by molar-refractivity contribution is -0.145. The highest BCUT2D eigenvalue weighted by Gasteiger charge is 2.33. The van der Waals surface area contributed by atoms with Gasteiger partial charge < -0.3 is 24.1 Å². The standard InChI is InChI=1S/C26H26BrNO7S/c1-4-32-19-13-16(12-18(27)24(19)35-15-21(29)33-5-2)14-20-23(30)22(26(31)34-6-3)25(36-20)28-17-10-8-7-9-11-17/h7-14,30H,4-6,15H2,1-3H3/b20-14-,28-25?. The summed E-state index contributed by atoms with van der Waals surface area (Å²) in [5, 5.41) is 11.3. The second-order valence-electron chi connectivity index (χ2n) is 7.16. The molecule has 0 radical (unpaired) electrons. The minimum Gasteiger partial charge on any atom is -0.506 e. The van der Waals surface area contributed by atoms with E-state index in [9.17, 15) is 14.7 Å². The van der Waals surface area contributed by atoms with Gasteiger partial charge in [-0.1, -0.05) is 30.0 Å². The van der Waals surface area contributed by atoms with Crippen LogP contribution in [0, 0.1) is 0 Å². The Morgan fingerprint density at radius 2 is 1.75 bits per heavy atom. The van der Waals surface area contributed by atoms with E-state index in [-0.39, 0.29) is 31.2 Å². The van der Waals surface area contributed by atoms with Crippen LogP contribution in [0.2, 0.25) is 0 Å². The Morgan fingerprint density at radius 1 is 1.03 bits per heavy atom. The summed E-state index contributed by atoms with van der Waals surface area (Å²) < 4.78 is 22.0. The van der Waals surface area contributed by atoms with Crippen molar-refractivity contribution in [1.29, 1.82) is 0 Å². The van der Waals surface area contributed by atoms with E-state index in [1.165, 1.54) is 0 Å². The molecule has 8 nitrogen and oxygen atoms in total. The first kappa shape index (κ1) is 27.3. The maximum Gasteiger partial charge on any atom is 0.344 e. The third kappa shape index (κ3) is 6.92. The number of carbonyl (C=O) groups excluding carboxylic acids is 2. The van der Waals surface area contributed by atoms with Gasteiger partial charge in [0.1, 0.15) is 16.4 Å². The van der Waals surface area contributed by atoms with Crippen LogP contribution in [0.5, 0.6) is 11.5 Å². The molecule has 0 bridgehead atoms. The largest absolute Gasteiger partial charge is 0.506 e. The number of hydrogen-bond acceptors (Lipinski definition) is 9. The van der Waals surface area contributed by atoms with E-state index in [2.05, 4.69) is 20.9 Å². The molecule has 0 aliphatic carbocycles. The second-order valence-corrected chi connectivity index (χ2v) is 9.05. The molecule has 1 aliphatic heterocycles. The normalized spacial score (nSPS) is 15.3. The van der Waals surface area contributed by atoms with Gasteiger partial charge in [0.05, 0.1) is 34.9 Å². The molecule has 0 saturated heterocycles. The fourth-order valence-electron chi connectivity index (χ4n) is 3.17. The van der Waals surface area contributed by atoms with Gasteiger partial charge in [0, 0.05) is 0 Å². The Balaban J connectivity index is 1.98. The molecule has 0 unspecified atom stereocenters. The number of nitrogens with zero attached hydrogens (tertiary/aromatic N) is 1.